The van der Waals surface area contributed by atoms with E-state index in [0.717, 1.165) is 13.0 Å². The molecular formula is C7H14N3+. The zero-order valence-corrected chi connectivity index (χ0v) is 6.25. The first-order valence-corrected chi connectivity index (χ1v) is 3.60. The smallest absolute Gasteiger partial charge is 0.241 e. The van der Waals surface area contributed by atoms with E-state index in [2.05, 4.69) is 11.9 Å². The number of imidazole rings is 1. The molecule has 1 rings (SSSR count). The van der Waals surface area contributed by atoms with Gasteiger partial charge in [0.25, 0.3) is 0 Å². The van der Waals surface area contributed by atoms with E-state index in [0.29, 0.717) is 0 Å². The lowest BCUT2D eigenvalue weighted by Gasteiger charge is -2.03. The molecule has 0 aromatic carbocycles. The molecule has 1 unspecified atom stereocenters. The van der Waals surface area contributed by atoms with Gasteiger partial charge in [-0.25, -0.2) is 4.57 Å². The van der Waals surface area contributed by atoms with Crippen molar-refractivity contribution in [2.24, 2.45) is 5.73 Å². The van der Waals surface area contributed by atoms with Crippen molar-refractivity contribution in [2.75, 3.05) is 0 Å². The Balaban J connectivity index is 2.40. The molecule has 0 radical (unpaired) electrons. The molecule has 3 nitrogen and oxygen atoms in total. The largest absolute Gasteiger partial charge is 0.324 e. The van der Waals surface area contributed by atoms with Gasteiger partial charge >= 0.3 is 0 Å². The lowest BCUT2D eigenvalue weighted by atomic mass is 10.2. The average molecular weight is 140 g/mol. The number of aromatic amines is 1. The van der Waals surface area contributed by atoms with Crippen LogP contribution in [0.5, 0.6) is 0 Å². The third-order valence-corrected chi connectivity index (χ3v) is 1.57. The third kappa shape index (κ3) is 1.84. The molecule has 0 aliphatic carbocycles. The fourth-order valence-corrected chi connectivity index (χ4v) is 0.834. The van der Waals surface area contributed by atoms with Crippen molar-refractivity contribution in [1.29, 1.82) is 0 Å². The van der Waals surface area contributed by atoms with Gasteiger partial charge in [0.15, 0.2) is 0 Å². The molecular weight excluding hydrogens is 126 g/mol. The van der Waals surface area contributed by atoms with Gasteiger partial charge in [-0.2, -0.15) is 0 Å². The van der Waals surface area contributed by atoms with Crippen LogP contribution in [0.25, 0.3) is 0 Å². The van der Waals surface area contributed by atoms with Crippen LogP contribution in [0, 0.1) is 0 Å². The lowest BCUT2D eigenvalue weighted by Crippen LogP contribution is -2.41. The molecule has 0 bridgehead atoms. The summed E-state index contributed by atoms with van der Waals surface area (Å²) in [5, 5.41) is 0. The number of nitrogens with one attached hydrogen (secondary N) is 1. The first-order valence-electron chi connectivity index (χ1n) is 3.60. The first-order chi connectivity index (χ1) is 4.83. The van der Waals surface area contributed by atoms with Gasteiger partial charge in [0.2, 0.25) is 6.33 Å². The summed E-state index contributed by atoms with van der Waals surface area (Å²) in [6.07, 6.45) is 6.81. The monoisotopic (exact) mass is 140 g/mol. The van der Waals surface area contributed by atoms with Crippen molar-refractivity contribution >= 4 is 0 Å². The summed E-state index contributed by atoms with van der Waals surface area (Å²) in [6.45, 7) is 3.00. The summed E-state index contributed by atoms with van der Waals surface area (Å²) in [6, 6.07) is 0.279. The highest BCUT2D eigenvalue weighted by Crippen LogP contribution is 1.84. The van der Waals surface area contributed by atoms with Crippen LogP contribution >= 0.6 is 0 Å². The molecule has 1 atom stereocenters. The molecule has 1 aromatic rings. The molecule has 0 amide bonds. The fraction of sp³-hybridized carbons (Fsp3) is 0.571. The molecule has 0 saturated carbocycles. The van der Waals surface area contributed by atoms with Gasteiger partial charge in [-0.05, 0) is 6.42 Å². The predicted octanol–water partition coefficient (Wildman–Crippen LogP) is 0.0395. The van der Waals surface area contributed by atoms with E-state index in [1.54, 1.807) is 0 Å². The Morgan fingerprint density at radius 3 is 3.00 bits per heavy atom. The van der Waals surface area contributed by atoms with Crippen LogP contribution in [0.3, 0.4) is 0 Å². The Bertz CT molecular complexity index is 169. The number of nitrogens with zero attached hydrogens (tertiary/aromatic N) is 1. The Kier molecular flexibility index (Phi) is 2.45. The number of aromatic nitrogens is 2. The van der Waals surface area contributed by atoms with Gasteiger partial charge in [-0.3, -0.25) is 4.98 Å². The van der Waals surface area contributed by atoms with Crippen molar-refractivity contribution in [3.63, 3.8) is 0 Å². The van der Waals surface area contributed by atoms with Crippen molar-refractivity contribution in [1.82, 2.24) is 4.98 Å². The highest BCUT2D eigenvalue weighted by Gasteiger charge is 2.02. The minimum absolute atomic E-state index is 0.279. The van der Waals surface area contributed by atoms with Gasteiger partial charge in [0.1, 0.15) is 18.9 Å². The maximum atomic E-state index is 5.73. The molecule has 0 saturated heterocycles. The second-order valence-electron chi connectivity index (χ2n) is 2.48. The summed E-state index contributed by atoms with van der Waals surface area (Å²) in [5.41, 5.74) is 5.73. The topological polar surface area (TPSA) is 45.7 Å². The molecule has 0 fully saturated rings. The van der Waals surface area contributed by atoms with Crippen LogP contribution in [0.4, 0.5) is 0 Å². The second-order valence-corrected chi connectivity index (χ2v) is 2.48. The van der Waals surface area contributed by atoms with E-state index in [1.807, 2.05) is 23.3 Å². The highest BCUT2D eigenvalue weighted by molar-refractivity contribution is 4.57. The highest BCUT2D eigenvalue weighted by atomic mass is 15.0. The Hall–Kier alpha value is -0.830. The molecule has 1 aromatic heterocycles. The van der Waals surface area contributed by atoms with Gasteiger partial charge < -0.3 is 5.73 Å². The quantitative estimate of drug-likeness (QED) is 0.572. The standard InChI is InChI=1S/C7H13N3/c1-2-7(8)5-10-4-3-9-6-10/h3-4,6-7H,2,5,8H2,1H3/p+1. The molecule has 3 heteroatoms. The van der Waals surface area contributed by atoms with Crippen LogP contribution in [-0.2, 0) is 6.54 Å². The Labute approximate surface area is 60.9 Å². The Morgan fingerprint density at radius 1 is 1.70 bits per heavy atom. The van der Waals surface area contributed by atoms with Gasteiger partial charge in [0.05, 0.1) is 0 Å². The van der Waals surface area contributed by atoms with Gasteiger partial charge in [-0.1, -0.05) is 6.92 Å². The zero-order chi connectivity index (χ0) is 7.40. The van der Waals surface area contributed by atoms with E-state index in [9.17, 15) is 0 Å². The molecule has 3 N–H and O–H groups in total. The molecule has 56 valence electrons. The summed E-state index contributed by atoms with van der Waals surface area (Å²) >= 11 is 0. The number of rotatable bonds is 3. The van der Waals surface area contributed by atoms with Crippen LogP contribution in [-0.4, -0.2) is 11.0 Å². The lowest BCUT2D eigenvalue weighted by molar-refractivity contribution is -0.697. The summed E-state index contributed by atoms with van der Waals surface area (Å²) < 4.78 is 2.05. The van der Waals surface area contributed by atoms with Crippen LogP contribution in [0.2, 0.25) is 0 Å². The second kappa shape index (κ2) is 3.37. The van der Waals surface area contributed by atoms with E-state index in [1.165, 1.54) is 0 Å². The molecule has 10 heavy (non-hydrogen) atoms. The number of hydrogen-bond acceptors (Lipinski definition) is 1. The van der Waals surface area contributed by atoms with Gasteiger partial charge in [-0.15, -0.1) is 0 Å². The van der Waals surface area contributed by atoms with E-state index in [-0.39, 0.29) is 6.04 Å². The average Bonchev–Trinajstić information content (AvgIpc) is 2.40. The summed E-state index contributed by atoms with van der Waals surface area (Å²) in [4.78, 5) is 2.97. The van der Waals surface area contributed by atoms with Crippen LogP contribution in [0.1, 0.15) is 13.3 Å². The fourth-order valence-electron chi connectivity index (χ4n) is 0.834. The first kappa shape index (κ1) is 7.28. The van der Waals surface area contributed by atoms with Crippen molar-refractivity contribution in [3.05, 3.63) is 18.7 Å². The molecule has 0 spiro atoms. The predicted molar refractivity (Wildman–Crippen MR) is 39.3 cm³/mol. The zero-order valence-electron chi connectivity index (χ0n) is 6.25. The normalized spacial score (nSPS) is 13.4. The van der Waals surface area contributed by atoms with E-state index in [4.69, 9.17) is 5.73 Å². The molecule has 0 aliphatic heterocycles. The minimum atomic E-state index is 0.279. The number of H-pyrrole nitrogens is 1. The minimum Gasteiger partial charge on any atom is -0.324 e. The number of hydrogen-bond donors (Lipinski definition) is 2. The Morgan fingerprint density at radius 2 is 2.50 bits per heavy atom. The van der Waals surface area contributed by atoms with Crippen LogP contribution in [0.15, 0.2) is 18.7 Å². The van der Waals surface area contributed by atoms with Crippen molar-refractivity contribution < 1.29 is 4.57 Å². The number of nitrogens with two attached hydrogens (primary N) is 1. The van der Waals surface area contributed by atoms with E-state index >= 15 is 0 Å². The van der Waals surface area contributed by atoms with E-state index < -0.39 is 0 Å². The maximum Gasteiger partial charge on any atom is 0.241 e. The molecule has 0 aliphatic rings. The maximum absolute atomic E-state index is 5.73. The summed E-state index contributed by atoms with van der Waals surface area (Å²) in [5.74, 6) is 0. The summed E-state index contributed by atoms with van der Waals surface area (Å²) in [7, 11) is 0. The van der Waals surface area contributed by atoms with Gasteiger partial charge in [0, 0.05) is 6.04 Å². The SMILES string of the molecule is CCC(N)C[n+]1cc[nH]c1. The van der Waals surface area contributed by atoms with Crippen LogP contribution < -0.4 is 10.3 Å². The third-order valence-electron chi connectivity index (χ3n) is 1.57. The molecule has 1 heterocycles. The van der Waals surface area contributed by atoms with Crippen molar-refractivity contribution in [2.45, 2.75) is 25.9 Å². The van der Waals surface area contributed by atoms with Crippen molar-refractivity contribution in [3.8, 4) is 0 Å².